The van der Waals surface area contributed by atoms with Crippen molar-refractivity contribution in [1.29, 1.82) is 0 Å². The van der Waals surface area contributed by atoms with Crippen LogP contribution in [0, 0.1) is 6.92 Å². The molecule has 0 atom stereocenters. The molecule has 0 fully saturated rings. The van der Waals surface area contributed by atoms with Gasteiger partial charge in [0.2, 0.25) is 5.91 Å². The van der Waals surface area contributed by atoms with Crippen molar-refractivity contribution in [3.63, 3.8) is 0 Å². The Bertz CT molecular complexity index is 507. The third kappa shape index (κ3) is 5.35. The van der Waals surface area contributed by atoms with Crippen LogP contribution in [-0.4, -0.2) is 42.5 Å². The van der Waals surface area contributed by atoms with E-state index in [1.54, 1.807) is 17.0 Å². The van der Waals surface area contributed by atoms with Crippen LogP contribution in [0.15, 0.2) is 24.3 Å². The van der Waals surface area contributed by atoms with Crippen LogP contribution in [-0.2, 0) is 9.59 Å². The van der Waals surface area contributed by atoms with Gasteiger partial charge in [-0.2, -0.15) is 0 Å². The Morgan fingerprint density at radius 3 is 2.63 bits per heavy atom. The largest absolute Gasteiger partial charge is 0.478 e. The lowest BCUT2D eigenvalue weighted by molar-refractivity contribution is -0.131. The first-order chi connectivity index (χ1) is 8.88. The number of hydrogen-bond donors (Lipinski definition) is 2. The van der Waals surface area contributed by atoms with Gasteiger partial charge in [0, 0.05) is 11.8 Å². The molecule has 0 unspecified atom stereocenters. The molecule has 0 saturated heterocycles. The van der Waals surface area contributed by atoms with Crippen molar-refractivity contribution in [2.75, 3.05) is 26.0 Å². The normalized spacial score (nSPS) is 10.9. The van der Waals surface area contributed by atoms with Gasteiger partial charge >= 0.3 is 5.97 Å². The van der Waals surface area contributed by atoms with Crippen molar-refractivity contribution < 1.29 is 14.7 Å². The summed E-state index contributed by atoms with van der Waals surface area (Å²) in [5.41, 5.74) is 2.37. The third-order valence-electron chi connectivity index (χ3n) is 2.43. The molecule has 5 nitrogen and oxygen atoms in total. The van der Waals surface area contributed by atoms with Gasteiger partial charge in [-0.05, 0) is 50.4 Å². The molecule has 2 N–H and O–H groups in total. The lowest BCUT2D eigenvalue weighted by atomic mass is 10.1. The highest BCUT2D eigenvalue weighted by atomic mass is 16.4. The van der Waals surface area contributed by atoms with Crippen molar-refractivity contribution in [3.05, 3.63) is 35.4 Å². The molecule has 1 aromatic carbocycles. The lowest BCUT2D eigenvalue weighted by Crippen LogP contribution is -2.27. The van der Waals surface area contributed by atoms with Crippen LogP contribution in [0.5, 0.6) is 0 Å². The van der Waals surface area contributed by atoms with Crippen LogP contribution < -0.4 is 5.32 Å². The van der Waals surface area contributed by atoms with Gasteiger partial charge in [-0.15, -0.1) is 0 Å². The molecule has 0 bridgehead atoms. The van der Waals surface area contributed by atoms with Crippen LogP contribution in [0.3, 0.4) is 0 Å². The molecule has 0 aliphatic rings. The molecule has 1 amide bonds. The van der Waals surface area contributed by atoms with E-state index in [1.165, 1.54) is 6.08 Å². The molecule has 19 heavy (non-hydrogen) atoms. The summed E-state index contributed by atoms with van der Waals surface area (Å²) in [4.78, 5) is 23.9. The van der Waals surface area contributed by atoms with Gasteiger partial charge in [-0.1, -0.05) is 6.07 Å². The number of nitrogens with one attached hydrogen (secondary N) is 1. The molecular weight excluding hydrogens is 244 g/mol. The first-order valence-corrected chi connectivity index (χ1v) is 5.84. The fourth-order valence-electron chi connectivity index (χ4n) is 1.55. The summed E-state index contributed by atoms with van der Waals surface area (Å²) in [6.07, 6.45) is 2.59. The summed E-state index contributed by atoms with van der Waals surface area (Å²) in [6, 6.07) is 5.39. The number of carboxylic acids is 1. The minimum absolute atomic E-state index is 0.109. The second kappa shape index (κ2) is 6.70. The van der Waals surface area contributed by atoms with Gasteiger partial charge in [0.25, 0.3) is 0 Å². The maximum Gasteiger partial charge on any atom is 0.328 e. The predicted octanol–water partition coefficient (Wildman–Crippen LogP) is 1.59. The van der Waals surface area contributed by atoms with Crippen molar-refractivity contribution in [1.82, 2.24) is 4.90 Å². The molecule has 0 aromatic heterocycles. The number of anilines is 1. The Morgan fingerprint density at radius 2 is 2.05 bits per heavy atom. The van der Waals surface area contributed by atoms with E-state index in [0.717, 1.165) is 17.2 Å². The Kier molecular flexibility index (Phi) is 5.26. The lowest BCUT2D eigenvalue weighted by Gasteiger charge is -2.11. The zero-order chi connectivity index (χ0) is 14.4. The van der Waals surface area contributed by atoms with E-state index in [1.807, 2.05) is 27.1 Å². The standard InChI is InChI=1S/C14H18N2O3/c1-10-4-6-12(15-13(17)9-16(2)3)8-11(10)5-7-14(18)19/h4-8H,9H2,1-3H3,(H,15,17)(H,18,19)/b7-5+. The first-order valence-electron chi connectivity index (χ1n) is 5.84. The fourth-order valence-corrected chi connectivity index (χ4v) is 1.55. The van der Waals surface area contributed by atoms with Gasteiger partial charge in [0.15, 0.2) is 0 Å². The quantitative estimate of drug-likeness (QED) is 0.791. The number of likely N-dealkylation sites (N-methyl/N-ethyl adjacent to an activating group) is 1. The number of carbonyl (C=O) groups is 2. The molecule has 1 aromatic rings. The highest BCUT2D eigenvalue weighted by molar-refractivity contribution is 5.93. The van der Waals surface area contributed by atoms with Crippen LogP contribution in [0.25, 0.3) is 6.08 Å². The van der Waals surface area contributed by atoms with Gasteiger partial charge in [0.1, 0.15) is 0 Å². The van der Waals surface area contributed by atoms with Crippen molar-refractivity contribution in [2.24, 2.45) is 0 Å². The van der Waals surface area contributed by atoms with Crippen molar-refractivity contribution >= 4 is 23.6 Å². The van der Waals surface area contributed by atoms with Crippen LogP contribution >= 0.6 is 0 Å². The van der Waals surface area contributed by atoms with Crippen LogP contribution in [0.1, 0.15) is 11.1 Å². The second-order valence-electron chi connectivity index (χ2n) is 4.53. The number of nitrogens with zero attached hydrogens (tertiary/aromatic N) is 1. The number of carboxylic acid groups (broad SMARTS) is 1. The highest BCUT2D eigenvalue weighted by Gasteiger charge is 2.05. The zero-order valence-electron chi connectivity index (χ0n) is 11.3. The van der Waals surface area contributed by atoms with Gasteiger partial charge in [-0.25, -0.2) is 4.79 Å². The first kappa shape index (κ1) is 14.9. The summed E-state index contributed by atoms with van der Waals surface area (Å²) < 4.78 is 0. The van der Waals surface area contributed by atoms with E-state index in [4.69, 9.17) is 5.11 Å². The average Bonchev–Trinajstić information content (AvgIpc) is 2.28. The highest BCUT2D eigenvalue weighted by Crippen LogP contribution is 2.16. The minimum Gasteiger partial charge on any atom is -0.478 e. The molecule has 0 saturated carbocycles. The fraction of sp³-hybridized carbons (Fsp3) is 0.286. The van der Waals surface area contributed by atoms with Crippen molar-refractivity contribution in [3.8, 4) is 0 Å². The van der Waals surface area contributed by atoms with Gasteiger partial charge in [-0.3, -0.25) is 4.79 Å². The molecule has 0 aliphatic carbocycles. The summed E-state index contributed by atoms with van der Waals surface area (Å²) in [5.74, 6) is -1.11. The number of benzene rings is 1. The molecular formula is C14H18N2O3. The molecule has 0 aliphatic heterocycles. The molecule has 0 spiro atoms. The Morgan fingerprint density at radius 1 is 1.37 bits per heavy atom. The second-order valence-corrected chi connectivity index (χ2v) is 4.53. The molecule has 0 radical (unpaired) electrons. The average molecular weight is 262 g/mol. The van der Waals surface area contributed by atoms with Gasteiger partial charge in [0.05, 0.1) is 6.54 Å². The van der Waals surface area contributed by atoms with E-state index < -0.39 is 5.97 Å². The summed E-state index contributed by atoms with van der Waals surface area (Å²) in [5, 5.41) is 11.4. The summed E-state index contributed by atoms with van der Waals surface area (Å²) in [7, 11) is 3.63. The Balaban J connectivity index is 2.84. The number of aryl methyl sites for hydroxylation is 1. The SMILES string of the molecule is Cc1ccc(NC(=O)CN(C)C)cc1/C=C/C(=O)O. The molecule has 0 heterocycles. The Hall–Kier alpha value is -2.14. The predicted molar refractivity (Wildman–Crippen MR) is 75.0 cm³/mol. The van der Waals surface area contributed by atoms with Crippen LogP contribution in [0.4, 0.5) is 5.69 Å². The maximum absolute atomic E-state index is 11.6. The van der Waals surface area contributed by atoms with E-state index in [9.17, 15) is 9.59 Å². The number of aliphatic carboxylic acids is 1. The summed E-state index contributed by atoms with van der Waals surface area (Å²) >= 11 is 0. The summed E-state index contributed by atoms with van der Waals surface area (Å²) in [6.45, 7) is 2.18. The van der Waals surface area contributed by atoms with Gasteiger partial charge < -0.3 is 15.3 Å². The maximum atomic E-state index is 11.6. The van der Waals surface area contributed by atoms with Crippen LogP contribution in [0.2, 0.25) is 0 Å². The number of rotatable bonds is 5. The van der Waals surface area contributed by atoms with E-state index >= 15 is 0 Å². The van der Waals surface area contributed by atoms with E-state index in [-0.39, 0.29) is 5.91 Å². The molecule has 1 rings (SSSR count). The third-order valence-corrected chi connectivity index (χ3v) is 2.43. The zero-order valence-corrected chi connectivity index (χ0v) is 11.3. The number of carbonyl (C=O) groups excluding carboxylic acids is 1. The Labute approximate surface area is 112 Å². The van der Waals surface area contributed by atoms with E-state index in [0.29, 0.717) is 12.2 Å². The minimum atomic E-state index is -0.999. The van der Waals surface area contributed by atoms with Crippen molar-refractivity contribution in [2.45, 2.75) is 6.92 Å². The monoisotopic (exact) mass is 262 g/mol. The molecule has 5 heteroatoms. The number of hydrogen-bond acceptors (Lipinski definition) is 3. The smallest absolute Gasteiger partial charge is 0.328 e. The molecule has 102 valence electrons. The topological polar surface area (TPSA) is 69.6 Å². The van der Waals surface area contributed by atoms with E-state index in [2.05, 4.69) is 5.32 Å². The number of amides is 1.